The van der Waals surface area contributed by atoms with Gasteiger partial charge in [-0.05, 0) is 20.8 Å². The minimum atomic E-state index is -0.556. The molecule has 0 rings (SSSR count). The molecule has 0 heterocycles. The molecule has 20 heavy (non-hydrogen) atoms. The third kappa shape index (κ3) is 9.09. The molecule has 0 saturated heterocycles. The van der Waals surface area contributed by atoms with E-state index in [2.05, 4.69) is 17.2 Å². The molecule has 7 heteroatoms. The van der Waals surface area contributed by atoms with Gasteiger partial charge in [0.2, 0.25) is 5.91 Å². The first kappa shape index (κ1) is 18.1. The maximum atomic E-state index is 11.7. The summed E-state index contributed by atoms with van der Waals surface area (Å²) in [5.41, 5.74) is 0. The van der Waals surface area contributed by atoms with Gasteiger partial charge < -0.3 is 10.1 Å². The van der Waals surface area contributed by atoms with Crippen molar-refractivity contribution in [3.63, 3.8) is 0 Å². The van der Waals surface area contributed by atoms with E-state index in [1.165, 1.54) is 4.90 Å². The molecule has 0 fully saturated rings. The molecular formula is C13H23N3O4. The summed E-state index contributed by atoms with van der Waals surface area (Å²) in [5.74, 6) is -0.914. The monoisotopic (exact) mass is 285 g/mol. The fraction of sp³-hybridized carbons (Fsp3) is 0.615. The van der Waals surface area contributed by atoms with Gasteiger partial charge >= 0.3 is 12.0 Å². The molecule has 7 nitrogen and oxygen atoms in total. The van der Waals surface area contributed by atoms with Gasteiger partial charge in [0, 0.05) is 12.6 Å². The van der Waals surface area contributed by atoms with E-state index >= 15 is 0 Å². The number of carbonyl (C=O) groups excluding carboxylic acids is 3. The van der Waals surface area contributed by atoms with E-state index in [1.54, 1.807) is 26.8 Å². The number of hydrogen-bond donors (Lipinski definition) is 2. The predicted octanol–water partition coefficient (Wildman–Crippen LogP) is 0.272. The second kappa shape index (κ2) is 9.96. The molecule has 0 spiro atoms. The molecule has 0 bridgehead atoms. The molecule has 0 aliphatic carbocycles. The van der Waals surface area contributed by atoms with Crippen LogP contribution in [0.15, 0.2) is 12.7 Å². The van der Waals surface area contributed by atoms with Crippen molar-refractivity contribution in [3.05, 3.63) is 12.7 Å². The fourth-order valence-corrected chi connectivity index (χ4v) is 1.42. The van der Waals surface area contributed by atoms with Crippen LogP contribution < -0.4 is 10.6 Å². The third-order valence-electron chi connectivity index (χ3n) is 2.09. The van der Waals surface area contributed by atoms with Gasteiger partial charge in [-0.1, -0.05) is 6.08 Å². The summed E-state index contributed by atoms with van der Waals surface area (Å²) in [4.78, 5) is 35.9. The van der Waals surface area contributed by atoms with Crippen molar-refractivity contribution in [3.8, 4) is 0 Å². The summed E-state index contributed by atoms with van der Waals surface area (Å²) in [6.07, 6.45) is 1.57. The molecule has 0 atom stereocenters. The van der Waals surface area contributed by atoms with Crippen molar-refractivity contribution in [1.29, 1.82) is 0 Å². The van der Waals surface area contributed by atoms with E-state index < -0.39 is 17.9 Å². The molecule has 0 aromatic heterocycles. The Morgan fingerprint density at radius 1 is 1.30 bits per heavy atom. The van der Waals surface area contributed by atoms with Crippen molar-refractivity contribution in [2.75, 3.05) is 26.2 Å². The zero-order valence-corrected chi connectivity index (χ0v) is 12.3. The van der Waals surface area contributed by atoms with Crippen molar-refractivity contribution >= 4 is 17.9 Å². The van der Waals surface area contributed by atoms with Crippen LogP contribution in [0.1, 0.15) is 20.8 Å². The van der Waals surface area contributed by atoms with Crippen LogP contribution in [0.3, 0.4) is 0 Å². The second-order valence-corrected chi connectivity index (χ2v) is 4.44. The summed E-state index contributed by atoms with van der Waals surface area (Å²) >= 11 is 0. The number of carbonyl (C=O) groups is 3. The molecule has 3 amide bonds. The predicted molar refractivity (Wildman–Crippen MR) is 75.1 cm³/mol. The normalized spacial score (nSPS) is 10.2. The Kier molecular flexibility index (Phi) is 9.02. The Balaban J connectivity index is 4.29. The molecule has 0 aliphatic rings. The summed E-state index contributed by atoms with van der Waals surface area (Å²) < 4.78 is 4.81. The van der Waals surface area contributed by atoms with Crippen LogP contribution in [0, 0.1) is 0 Å². The van der Waals surface area contributed by atoms with Crippen LogP contribution in [-0.4, -0.2) is 55.1 Å². The standard InChI is InChI=1S/C13H23N3O4/c1-5-7-16(9-12(18)20-6-2)8-11(17)15-13(19)14-10(3)4/h5,10H,1,6-9H2,2-4H3,(H2,14,15,17,19). The average Bonchev–Trinajstić information content (AvgIpc) is 2.27. The molecule has 114 valence electrons. The number of nitrogens with one attached hydrogen (secondary N) is 2. The van der Waals surface area contributed by atoms with Crippen LogP contribution in [0.5, 0.6) is 0 Å². The highest BCUT2D eigenvalue weighted by atomic mass is 16.5. The van der Waals surface area contributed by atoms with Crippen molar-refractivity contribution < 1.29 is 19.1 Å². The number of imide groups is 1. The number of nitrogens with zero attached hydrogens (tertiary/aromatic N) is 1. The zero-order chi connectivity index (χ0) is 15.5. The zero-order valence-electron chi connectivity index (χ0n) is 12.3. The molecule has 0 saturated carbocycles. The van der Waals surface area contributed by atoms with Gasteiger partial charge in [0.15, 0.2) is 0 Å². The lowest BCUT2D eigenvalue weighted by Crippen LogP contribution is -2.47. The maximum Gasteiger partial charge on any atom is 0.321 e. The fourth-order valence-electron chi connectivity index (χ4n) is 1.42. The topological polar surface area (TPSA) is 87.7 Å². The number of urea groups is 1. The van der Waals surface area contributed by atoms with E-state index in [9.17, 15) is 14.4 Å². The number of rotatable bonds is 8. The quantitative estimate of drug-likeness (QED) is 0.494. The molecule has 0 aliphatic heterocycles. The van der Waals surface area contributed by atoms with E-state index in [-0.39, 0.29) is 25.7 Å². The first-order valence-corrected chi connectivity index (χ1v) is 6.48. The first-order valence-electron chi connectivity index (χ1n) is 6.48. The minimum absolute atomic E-state index is 0.0287. The van der Waals surface area contributed by atoms with E-state index in [4.69, 9.17) is 4.74 Å². The van der Waals surface area contributed by atoms with Gasteiger partial charge in [-0.3, -0.25) is 19.8 Å². The molecule has 2 N–H and O–H groups in total. The first-order chi connectivity index (χ1) is 9.38. The van der Waals surface area contributed by atoms with E-state index in [0.717, 1.165) is 0 Å². The van der Waals surface area contributed by atoms with Gasteiger partial charge in [-0.25, -0.2) is 4.79 Å². The molecule has 0 unspecified atom stereocenters. The lowest BCUT2D eigenvalue weighted by atomic mass is 10.4. The van der Waals surface area contributed by atoms with Crippen molar-refractivity contribution in [2.24, 2.45) is 0 Å². The van der Waals surface area contributed by atoms with Crippen molar-refractivity contribution in [2.45, 2.75) is 26.8 Å². The smallest absolute Gasteiger partial charge is 0.321 e. The summed E-state index contributed by atoms with van der Waals surface area (Å²) in [6, 6.07) is -0.619. The van der Waals surface area contributed by atoms with Crippen LogP contribution in [0.2, 0.25) is 0 Å². The highest BCUT2D eigenvalue weighted by Crippen LogP contribution is 1.91. The second-order valence-electron chi connectivity index (χ2n) is 4.44. The Morgan fingerprint density at radius 3 is 2.45 bits per heavy atom. The largest absolute Gasteiger partial charge is 0.465 e. The van der Waals surface area contributed by atoms with E-state index in [0.29, 0.717) is 6.54 Å². The van der Waals surface area contributed by atoms with Crippen LogP contribution in [-0.2, 0) is 14.3 Å². The summed E-state index contributed by atoms with van der Waals surface area (Å²) in [7, 11) is 0. The van der Waals surface area contributed by atoms with E-state index in [1.807, 2.05) is 0 Å². The van der Waals surface area contributed by atoms with Gasteiger partial charge in [0.1, 0.15) is 0 Å². The van der Waals surface area contributed by atoms with Gasteiger partial charge in [0.25, 0.3) is 0 Å². The third-order valence-corrected chi connectivity index (χ3v) is 2.09. The summed E-state index contributed by atoms with van der Waals surface area (Å²) in [6.45, 7) is 9.35. The lowest BCUT2D eigenvalue weighted by molar-refractivity contribution is -0.144. The Hall–Kier alpha value is -1.89. The maximum absolute atomic E-state index is 11.7. The number of hydrogen-bond acceptors (Lipinski definition) is 5. The SMILES string of the molecule is C=CCN(CC(=O)NC(=O)NC(C)C)CC(=O)OCC. The summed E-state index contributed by atoms with van der Waals surface area (Å²) in [5, 5.41) is 4.73. The van der Waals surface area contributed by atoms with Crippen molar-refractivity contribution in [1.82, 2.24) is 15.5 Å². The van der Waals surface area contributed by atoms with Gasteiger partial charge in [-0.15, -0.1) is 6.58 Å². The lowest BCUT2D eigenvalue weighted by Gasteiger charge is -2.19. The minimum Gasteiger partial charge on any atom is -0.465 e. The molecule has 0 radical (unpaired) electrons. The molecular weight excluding hydrogens is 262 g/mol. The number of esters is 1. The molecule has 0 aromatic carbocycles. The number of amides is 3. The highest BCUT2D eigenvalue weighted by Gasteiger charge is 2.16. The Labute approximate surface area is 119 Å². The van der Waals surface area contributed by atoms with Crippen LogP contribution in [0.25, 0.3) is 0 Å². The van der Waals surface area contributed by atoms with Gasteiger partial charge in [-0.2, -0.15) is 0 Å². The Bertz CT molecular complexity index is 356. The van der Waals surface area contributed by atoms with Gasteiger partial charge in [0.05, 0.1) is 19.7 Å². The van der Waals surface area contributed by atoms with Crippen LogP contribution in [0.4, 0.5) is 4.79 Å². The number of ether oxygens (including phenoxy) is 1. The average molecular weight is 285 g/mol. The highest BCUT2D eigenvalue weighted by molar-refractivity contribution is 5.95. The van der Waals surface area contributed by atoms with Crippen LogP contribution >= 0.6 is 0 Å². The molecule has 0 aromatic rings. The Morgan fingerprint density at radius 2 is 1.95 bits per heavy atom.